The Labute approximate surface area is 216 Å². The molecule has 0 heterocycles. The molecular formula is C30H43NO5. The zero-order valence-corrected chi connectivity index (χ0v) is 22.7. The van der Waals surface area contributed by atoms with Crippen LogP contribution in [0.1, 0.15) is 88.2 Å². The number of rotatable bonds is 11. The number of carbonyl (C=O) groups is 2. The highest BCUT2D eigenvalue weighted by molar-refractivity contribution is 5.99. The summed E-state index contributed by atoms with van der Waals surface area (Å²) in [4.78, 5) is 22.0. The first-order chi connectivity index (χ1) is 17.1. The molecule has 6 heteroatoms. The van der Waals surface area contributed by atoms with Crippen LogP contribution in [-0.2, 0) is 22.4 Å². The van der Waals surface area contributed by atoms with Gasteiger partial charge in [-0.15, -0.1) is 0 Å². The Morgan fingerprint density at radius 2 is 1.89 bits per heavy atom. The lowest BCUT2D eigenvalue weighted by Gasteiger charge is -2.19. The van der Waals surface area contributed by atoms with E-state index in [-0.39, 0.29) is 29.0 Å². The van der Waals surface area contributed by atoms with Gasteiger partial charge >= 0.3 is 0 Å². The number of aryl methyl sites for hydroxylation is 1. The van der Waals surface area contributed by atoms with Gasteiger partial charge in [0.1, 0.15) is 11.5 Å². The quantitative estimate of drug-likeness (QED) is 0.241. The fourth-order valence-electron chi connectivity index (χ4n) is 3.97. The van der Waals surface area contributed by atoms with Gasteiger partial charge in [-0.25, -0.2) is 0 Å². The van der Waals surface area contributed by atoms with Crippen molar-refractivity contribution in [1.29, 1.82) is 0 Å². The van der Waals surface area contributed by atoms with Crippen molar-refractivity contribution in [2.75, 3.05) is 7.11 Å². The van der Waals surface area contributed by atoms with Gasteiger partial charge in [0.05, 0.1) is 12.7 Å². The number of methoxy groups -OCH3 is 1. The van der Waals surface area contributed by atoms with Crippen LogP contribution < -0.4 is 5.32 Å². The zero-order valence-electron chi connectivity index (χ0n) is 22.7. The van der Waals surface area contributed by atoms with Gasteiger partial charge in [-0.2, -0.15) is 0 Å². The molecule has 1 unspecified atom stereocenters. The van der Waals surface area contributed by atoms with E-state index in [9.17, 15) is 15.0 Å². The third-order valence-electron chi connectivity index (χ3n) is 5.91. The Morgan fingerprint density at radius 1 is 1.19 bits per heavy atom. The monoisotopic (exact) mass is 497 g/mol. The lowest BCUT2D eigenvalue weighted by Crippen LogP contribution is -2.33. The molecule has 3 N–H and O–H groups in total. The van der Waals surface area contributed by atoms with Crippen molar-refractivity contribution < 1.29 is 24.5 Å². The van der Waals surface area contributed by atoms with Gasteiger partial charge in [-0.3, -0.25) is 9.59 Å². The fourth-order valence-corrected chi connectivity index (χ4v) is 3.97. The zero-order chi connectivity index (χ0) is 27.1. The molecule has 0 fully saturated rings. The largest absolute Gasteiger partial charge is 0.508 e. The van der Waals surface area contributed by atoms with Gasteiger partial charge in [-0.1, -0.05) is 54.0 Å². The second-order valence-corrected chi connectivity index (χ2v) is 9.35. The van der Waals surface area contributed by atoms with Gasteiger partial charge in [0.25, 0.3) is 12.4 Å². The van der Waals surface area contributed by atoms with Crippen LogP contribution in [0.5, 0.6) is 11.5 Å². The number of hydrogen-bond donors (Lipinski definition) is 3. The topological polar surface area (TPSA) is 95.9 Å². The molecule has 1 atom stereocenters. The van der Waals surface area contributed by atoms with Crippen molar-refractivity contribution in [3.63, 3.8) is 0 Å². The second-order valence-electron chi connectivity index (χ2n) is 9.35. The predicted molar refractivity (Wildman–Crippen MR) is 146 cm³/mol. The first kappa shape index (κ1) is 30.8. The molecule has 1 amide bonds. The molecule has 0 saturated heterocycles. The number of phenolic OH excluding ortho intramolecular Hbond substituents is 2. The van der Waals surface area contributed by atoms with Crippen molar-refractivity contribution in [1.82, 2.24) is 5.32 Å². The van der Waals surface area contributed by atoms with Gasteiger partial charge in [0.15, 0.2) is 0 Å². The summed E-state index contributed by atoms with van der Waals surface area (Å²) in [6.45, 7) is 10.5. The SMILES string of the molecule is CCc1cc(O)c(C/C=C(\C)CCC=C(C)C)c(O)c1C(=O)NC(C)CC1=CCCC=C1.COC=O. The number of ether oxygens (including phenoxy) is 1. The maximum Gasteiger partial charge on any atom is 0.292 e. The van der Waals surface area contributed by atoms with Crippen LogP contribution in [0.3, 0.4) is 0 Å². The maximum absolute atomic E-state index is 13.1. The minimum absolute atomic E-state index is 0.0368. The van der Waals surface area contributed by atoms with E-state index >= 15 is 0 Å². The van der Waals surface area contributed by atoms with Gasteiger partial charge < -0.3 is 20.3 Å². The normalized spacial score (nSPS) is 13.6. The number of hydrogen-bond acceptors (Lipinski definition) is 5. The van der Waals surface area contributed by atoms with Crippen molar-refractivity contribution in [3.05, 3.63) is 69.9 Å². The molecule has 1 aromatic carbocycles. The minimum Gasteiger partial charge on any atom is -0.508 e. The average molecular weight is 498 g/mol. The Bertz CT molecular complexity index is 997. The van der Waals surface area contributed by atoms with E-state index in [1.165, 1.54) is 23.8 Å². The third kappa shape index (κ3) is 10.5. The number of nitrogens with one attached hydrogen (secondary N) is 1. The smallest absolute Gasteiger partial charge is 0.292 e. The van der Waals surface area contributed by atoms with E-state index in [0.29, 0.717) is 30.4 Å². The van der Waals surface area contributed by atoms with Crippen LogP contribution in [0.15, 0.2) is 53.2 Å². The lowest BCUT2D eigenvalue weighted by molar-refractivity contribution is -0.126. The Morgan fingerprint density at radius 3 is 2.44 bits per heavy atom. The van der Waals surface area contributed by atoms with Crippen molar-refractivity contribution in [2.24, 2.45) is 0 Å². The highest BCUT2D eigenvalue weighted by Crippen LogP contribution is 2.35. The number of amides is 1. The van der Waals surface area contributed by atoms with Crippen LogP contribution in [0.2, 0.25) is 0 Å². The van der Waals surface area contributed by atoms with E-state index in [4.69, 9.17) is 4.79 Å². The van der Waals surface area contributed by atoms with Crippen molar-refractivity contribution >= 4 is 12.4 Å². The van der Waals surface area contributed by atoms with Crippen molar-refractivity contribution in [2.45, 2.75) is 85.6 Å². The molecule has 1 aliphatic rings. The number of benzene rings is 1. The van der Waals surface area contributed by atoms with Crippen LogP contribution >= 0.6 is 0 Å². The summed E-state index contributed by atoms with van der Waals surface area (Å²) < 4.78 is 3.86. The summed E-state index contributed by atoms with van der Waals surface area (Å²) in [7, 11) is 1.31. The van der Waals surface area contributed by atoms with Crippen LogP contribution in [0, 0.1) is 0 Å². The van der Waals surface area contributed by atoms with Crippen molar-refractivity contribution in [3.8, 4) is 11.5 Å². The number of carbonyl (C=O) groups excluding carboxylic acids is 2. The van der Waals surface area contributed by atoms with E-state index < -0.39 is 0 Å². The molecule has 6 nitrogen and oxygen atoms in total. The van der Waals surface area contributed by atoms with Crippen LogP contribution in [0.4, 0.5) is 0 Å². The lowest BCUT2D eigenvalue weighted by atomic mass is 9.95. The fraction of sp³-hybridized carbons (Fsp3) is 0.467. The molecule has 0 bridgehead atoms. The molecule has 198 valence electrons. The van der Waals surface area contributed by atoms with Crippen LogP contribution in [0.25, 0.3) is 0 Å². The second kappa shape index (κ2) is 16.4. The average Bonchev–Trinajstić information content (AvgIpc) is 2.83. The molecule has 0 radical (unpaired) electrons. The summed E-state index contributed by atoms with van der Waals surface area (Å²) in [6, 6.07) is 1.56. The molecule has 0 aromatic heterocycles. The summed E-state index contributed by atoms with van der Waals surface area (Å²) >= 11 is 0. The number of aromatic hydroxyl groups is 2. The number of allylic oxidation sites excluding steroid dienone is 7. The molecule has 1 aliphatic carbocycles. The van der Waals surface area contributed by atoms with Gasteiger partial charge in [-0.05, 0) is 84.3 Å². The minimum atomic E-state index is -0.294. The van der Waals surface area contributed by atoms with E-state index in [1.807, 2.05) is 19.9 Å². The summed E-state index contributed by atoms with van der Waals surface area (Å²) in [5, 5.41) is 24.5. The predicted octanol–water partition coefficient (Wildman–Crippen LogP) is 6.47. The van der Waals surface area contributed by atoms with Gasteiger partial charge in [0, 0.05) is 11.6 Å². The molecule has 0 spiro atoms. The highest BCUT2D eigenvalue weighted by atomic mass is 16.5. The first-order valence-corrected chi connectivity index (χ1v) is 12.6. The Balaban J connectivity index is 0.00000150. The molecule has 0 saturated carbocycles. The van der Waals surface area contributed by atoms with E-state index in [2.05, 4.69) is 55.1 Å². The van der Waals surface area contributed by atoms with E-state index in [1.54, 1.807) is 6.07 Å². The summed E-state index contributed by atoms with van der Waals surface area (Å²) in [6.07, 6.45) is 16.4. The molecule has 36 heavy (non-hydrogen) atoms. The molecule has 1 aromatic rings. The standard InChI is InChI=1S/C28H39NO3.C2H4O2/c1-6-23-18-25(30)24(16-15-20(4)12-10-11-19(2)3)27(31)26(23)28(32)29-21(5)17-22-13-8-7-9-14-22;1-4-2-3/h8,11,13-15,18,21,30-31H,6-7,9-10,12,16-17H2,1-5H3,(H,29,32);2H,1H3/b20-15+;. The van der Waals surface area contributed by atoms with Gasteiger partial charge in [0.2, 0.25) is 0 Å². The summed E-state index contributed by atoms with van der Waals surface area (Å²) in [5.74, 6) is -0.371. The Kier molecular flexibility index (Phi) is 14.0. The van der Waals surface area contributed by atoms with Crippen LogP contribution in [-0.4, -0.2) is 35.7 Å². The number of phenols is 2. The highest BCUT2D eigenvalue weighted by Gasteiger charge is 2.23. The Hall–Kier alpha value is -3.28. The summed E-state index contributed by atoms with van der Waals surface area (Å²) in [5.41, 5.74) is 5.03. The maximum atomic E-state index is 13.1. The van der Waals surface area contributed by atoms with E-state index in [0.717, 1.165) is 32.1 Å². The molecule has 0 aliphatic heterocycles. The third-order valence-corrected chi connectivity index (χ3v) is 5.91. The first-order valence-electron chi connectivity index (χ1n) is 12.6. The molecular weight excluding hydrogens is 454 g/mol. The molecule has 2 rings (SSSR count).